The van der Waals surface area contributed by atoms with Gasteiger partial charge in [-0.25, -0.2) is 4.98 Å². The first-order valence-corrected chi connectivity index (χ1v) is 7.14. The number of nitrogens with one attached hydrogen (secondary N) is 1. The lowest BCUT2D eigenvalue weighted by atomic mass is 10.2. The molecule has 1 aliphatic heterocycles. The number of anilines is 2. The number of aromatic nitrogens is 2. The normalized spacial score (nSPS) is 16.7. The molecule has 19 heavy (non-hydrogen) atoms. The molecule has 0 aromatic carbocycles. The standard InChI is InChI=1S/C14H25N5/c1-5-6-15-13-11(2)12(3)16-14(17-13)19-9-7-18(4)8-10-19/h5-10H2,1-4H3,(H,15,16,17). The van der Waals surface area contributed by atoms with Gasteiger partial charge in [-0.3, -0.25) is 0 Å². The van der Waals surface area contributed by atoms with Gasteiger partial charge >= 0.3 is 0 Å². The molecule has 0 unspecified atom stereocenters. The summed E-state index contributed by atoms with van der Waals surface area (Å²) < 4.78 is 0. The van der Waals surface area contributed by atoms with Crippen LogP contribution in [0.25, 0.3) is 0 Å². The van der Waals surface area contributed by atoms with Crippen molar-refractivity contribution in [2.75, 3.05) is 50.0 Å². The van der Waals surface area contributed by atoms with Gasteiger partial charge in [0.2, 0.25) is 5.95 Å². The number of rotatable bonds is 4. The van der Waals surface area contributed by atoms with Gasteiger partial charge in [0, 0.05) is 44.0 Å². The third-order valence-corrected chi connectivity index (χ3v) is 3.71. The molecule has 0 spiro atoms. The second-order valence-electron chi connectivity index (χ2n) is 5.30. The lowest BCUT2D eigenvalue weighted by molar-refractivity contribution is 0.311. The van der Waals surface area contributed by atoms with Crippen molar-refractivity contribution in [2.24, 2.45) is 0 Å². The Balaban J connectivity index is 2.18. The van der Waals surface area contributed by atoms with Crippen molar-refractivity contribution in [2.45, 2.75) is 27.2 Å². The van der Waals surface area contributed by atoms with Gasteiger partial charge < -0.3 is 15.1 Å². The highest BCUT2D eigenvalue weighted by atomic mass is 15.3. The topological polar surface area (TPSA) is 44.3 Å². The number of aryl methyl sites for hydroxylation is 1. The Morgan fingerprint density at radius 2 is 1.79 bits per heavy atom. The van der Waals surface area contributed by atoms with Crippen molar-refractivity contribution in [1.29, 1.82) is 0 Å². The minimum Gasteiger partial charge on any atom is -0.370 e. The molecule has 2 rings (SSSR count). The summed E-state index contributed by atoms with van der Waals surface area (Å²) in [5.41, 5.74) is 2.23. The van der Waals surface area contributed by atoms with Crippen LogP contribution in [0.4, 0.5) is 11.8 Å². The van der Waals surface area contributed by atoms with Crippen LogP contribution < -0.4 is 10.2 Å². The summed E-state index contributed by atoms with van der Waals surface area (Å²) in [6.07, 6.45) is 1.10. The molecule has 106 valence electrons. The Kier molecular flexibility index (Phi) is 4.58. The van der Waals surface area contributed by atoms with Gasteiger partial charge in [-0.05, 0) is 27.3 Å². The van der Waals surface area contributed by atoms with Crippen molar-refractivity contribution in [3.8, 4) is 0 Å². The SMILES string of the molecule is CCCNc1nc(N2CCN(C)CC2)nc(C)c1C. The van der Waals surface area contributed by atoms with Crippen LogP contribution in [0.2, 0.25) is 0 Å². The van der Waals surface area contributed by atoms with E-state index in [0.29, 0.717) is 0 Å². The first-order valence-electron chi connectivity index (χ1n) is 7.14. The monoisotopic (exact) mass is 263 g/mol. The Labute approximate surface area is 116 Å². The molecular weight excluding hydrogens is 238 g/mol. The number of hydrogen-bond donors (Lipinski definition) is 1. The van der Waals surface area contributed by atoms with Gasteiger partial charge in [0.05, 0.1) is 0 Å². The van der Waals surface area contributed by atoms with Gasteiger partial charge in [-0.2, -0.15) is 4.98 Å². The molecule has 0 amide bonds. The summed E-state index contributed by atoms with van der Waals surface area (Å²) in [6, 6.07) is 0. The summed E-state index contributed by atoms with van der Waals surface area (Å²) in [6.45, 7) is 11.4. The van der Waals surface area contributed by atoms with Crippen LogP contribution >= 0.6 is 0 Å². The minimum atomic E-state index is 0.870. The largest absolute Gasteiger partial charge is 0.370 e. The molecule has 0 bridgehead atoms. The molecule has 0 aliphatic carbocycles. The van der Waals surface area contributed by atoms with E-state index in [0.717, 1.165) is 62.2 Å². The zero-order valence-corrected chi connectivity index (χ0v) is 12.5. The fraction of sp³-hybridized carbons (Fsp3) is 0.714. The van der Waals surface area contributed by atoms with Crippen molar-refractivity contribution < 1.29 is 0 Å². The van der Waals surface area contributed by atoms with Crippen molar-refractivity contribution in [1.82, 2.24) is 14.9 Å². The first kappa shape index (κ1) is 14.1. The second kappa shape index (κ2) is 6.19. The van der Waals surface area contributed by atoms with Gasteiger partial charge in [0.25, 0.3) is 0 Å². The number of hydrogen-bond acceptors (Lipinski definition) is 5. The van der Waals surface area contributed by atoms with Crippen LogP contribution in [0.5, 0.6) is 0 Å². The minimum absolute atomic E-state index is 0.870. The molecule has 1 aromatic rings. The lowest BCUT2D eigenvalue weighted by Crippen LogP contribution is -2.45. The summed E-state index contributed by atoms with van der Waals surface area (Å²) in [4.78, 5) is 14.0. The van der Waals surface area contributed by atoms with E-state index in [1.54, 1.807) is 0 Å². The molecule has 1 fully saturated rings. The Hall–Kier alpha value is -1.36. The van der Waals surface area contributed by atoms with E-state index < -0.39 is 0 Å². The van der Waals surface area contributed by atoms with Crippen molar-refractivity contribution >= 4 is 11.8 Å². The number of piperazine rings is 1. The van der Waals surface area contributed by atoms with E-state index in [4.69, 9.17) is 4.98 Å². The van der Waals surface area contributed by atoms with Gasteiger partial charge in [-0.15, -0.1) is 0 Å². The average Bonchev–Trinajstić information content (AvgIpc) is 2.41. The van der Waals surface area contributed by atoms with E-state index in [2.05, 4.69) is 47.9 Å². The third kappa shape index (κ3) is 3.35. The second-order valence-corrected chi connectivity index (χ2v) is 5.30. The maximum Gasteiger partial charge on any atom is 0.227 e. The number of nitrogens with zero attached hydrogens (tertiary/aromatic N) is 4. The van der Waals surface area contributed by atoms with E-state index in [1.165, 1.54) is 0 Å². The molecule has 2 heterocycles. The van der Waals surface area contributed by atoms with Crippen LogP contribution in [0.3, 0.4) is 0 Å². The highest BCUT2D eigenvalue weighted by molar-refractivity contribution is 5.50. The van der Waals surface area contributed by atoms with Crippen LogP contribution in [-0.4, -0.2) is 54.6 Å². The molecule has 1 aromatic heterocycles. The lowest BCUT2D eigenvalue weighted by Gasteiger charge is -2.32. The molecule has 5 nitrogen and oxygen atoms in total. The quantitative estimate of drug-likeness (QED) is 0.895. The Morgan fingerprint density at radius 3 is 2.42 bits per heavy atom. The van der Waals surface area contributed by atoms with Crippen LogP contribution in [0, 0.1) is 13.8 Å². The average molecular weight is 263 g/mol. The van der Waals surface area contributed by atoms with E-state index in [1.807, 2.05) is 0 Å². The summed E-state index contributed by atoms with van der Waals surface area (Å²) in [5, 5.41) is 3.40. The summed E-state index contributed by atoms with van der Waals surface area (Å²) in [5.74, 6) is 1.86. The van der Waals surface area contributed by atoms with Crippen LogP contribution in [0.15, 0.2) is 0 Å². The highest BCUT2D eigenvalue weighted by Gasteiger charge is 2.18. The molecule has 1 N–H and O–H groups in total. The number of likely N-dealkylation sites (N-methyl/N-ethyl adjacent to an activating group) is 1. The van der Waals surface area contributed by atoms with Crippen molar-refractivity contribution in [3.63, 3.8) is 0 Å². The van der Waals surface area contributed by atoms with E-state index in [9.17, 15) is 0 Å². The van der Waals surface area contributed by atoms with Crippen LogP contribution in [-0.2, 0) is 0 Å². The summed E-state index contributed by atoms with van der Waals surface area (Å²) in [7, 11) is 2.16. The maximum absolute atomic E-state index is 4.70. The van der Waals surface area contributed by atoms with Gasteiger partial charge in [-0.1, -0.05) is 6.92 Å². The molecular formula is C14H25N5. The predicted octanol–water partition coefficient (Wildman–Crippen LogP) is 1.67. The molecule has 0 saturated carbocycles. The predicted molar refractivity (Wildman–Crippen MR) is 80.0 cm³/mol. The molecule has 1 aliphatic rings. The van der Waals surface area contributed by atoms with Gasteiger partial charge in [0.15, 0.2) is 0 Å². The zero-order valence-electron chi connectivity index (χ0n) is 12.5. The zero-order chi connectivity index (χ0) is 13.8. The Bertz CT molecular complexity index is 424. The van der Waals surface area contributed by atoms with E-state index >= 15 is 0 Å². The van der Waals surface area contributed by atoms with Gasteiger partial charge in [0.1, 0.15) is 5.82 Å². The molecule has 5 heteroatoms. The summed E-state index contributed by atoms with van der Waals surface area (Å²) >= 11 is 0. The first-order chi connectivity index (χ1) is 9.11. The third-order valence-electron chi connectivity index (χ3n) is 3.71. The Morgan fingerprint density at radius 1 is 1.11 bits per heavy atom. The molecule has 0 atom stereocenters. The smallest absolute Gasteiger partial charge is 0.227 e. The van der Waals surface area contributed by atoms with Crippen LogP contribution in [0.1, 0.15) is 24.6 Å². The van der Waals surface area contributed by atoms with Crippen molar-refractivity contribution in [3.05, 3.63) is 11.3 Å². The molecule has 1 saturated heterocycles. The van der Waals surface area contributed by atoms with E-state index in [-0.39, 0.29) is 0 Å². The highest BCUT2D eigenvalue weighted by Crippen LogP contribution is 2.20. The molecule has 0 radical (unpaired) electrons. The fourth-order valence-electron chi connectivity index (χ4n) is 2.18. The fourth-order valence-corrected chi connectivity index (χ4v) is 2.18. The maximum atomic E-state index is 4.70.